The molecular formula is C84H62B2N6O. The van der Waals surface area contributed by atoms with Gasteiger partial charge >= 0.3 is 0 Å². The molecule has 0 bridgehead atoms. The largest absolute Gasteiger partial charge is 0.468 e. The Bertz CT molecular complexity index is 5090. The number of hydrogen-bond donors (Lipinski definition) is 0. The topological polar surface area (TPSA) is 32.6 Å². The van der Waals surface area contributed by atoms with E-state index in [1.54, 1.807) is 0 Å². The van der Waals surface area contributed by atoms with E-state index < -0.39 is 0 Å². The van der Waals surface area contributed by atoms with Crippen molar-refractivity contribution in [1.29, 1.82) is 0 Å². The standard InChI is InChI=1S/C84H62B2N6O/c1-84(2,3)57-48-49-79-68(50-57)82-83(93-79)86-71-55-70-73(56-74(71)91(64-42-24-10-25-43-64)77-53-67(54-78(81(77)86)92(82)65-44-26-11-27-45-65)88(60-34-16-6-17-35-60)61-36-18-7-19-37-61)90(63-40-22-9-23-41-63)76-52-66(87(58-30-12-4-13-31-58)59-32-14-5-15-33-59)51-75-80(76)85(70)69-46-28-29-47-72(69)89(75)62-38-20-8-21-39-62/h4-56H,1-3H3. The summed E-state index contributed by atoms with van der Waals surface area (Å²) in [6.45, 7) is 6.36. The van der Waals surface area contributed by atoms with Gasteiger partial charge in [0.15, 0.2) is 0 Å². The van der Waals surface area contributed by atoms with E-state index in [0.717, 1.165) is 119 Å². The number of furan rings is 1. The summed E-state index contributed by atoms with van der Waals surface area (Å²) in [5.41, 5.74) is 28.3. The van der Waals surface area contributed by atoms with Crippen LogP contribution in [0.5, 0.6) is 0 Å². The summed E-state index contributed by atoms with van der Waals surface area (Å²) < 4.78 is 7.68. The Hall–Kier alpha value is -11.7. The molecule has 0 saturated carbocycles. The normalized spacial score (nSPS) is 13.2. The van der Waals surface area contributed by atoms with E-state index in [2.05, 4.69) is 372 Å². The van der Waals surface area contributed by atoms with Gasteiger partial charge in [0.25, 0.3) is 13.4 Å². The third-order valence-corrected chi connectivity index (χ3v) is 19.2. The van der Waals surface area contributed by atoms with E-state index in [0.29, 0.717) is 0 Å². The summed E-state index contributed by atoms with van der Waals surface area (Å²) in [7, 11) is 0. The Morgan fingerprint density at radius 3 is 1.08 bits per heavy atom. The van der Waals surface area contributed by atoms with E-state index in [1.807, 2.05) is 0 Å². The first-order chi connectivity index (χ1) is 45.8. The van der Waals surface area contributed by atoms with Crippen molar-refractivity contribution in [2.24, 2.45) is 0 Å². The molecule has 0 saturated heterocycles. The maximum absolute atomic E-state index is 7.68. The zero-order valence-corrected chi connectivity index (χ0v) is 51.8. The highest BCUT2D eigenvalue weighted by Crippen LogP contribution is 2.53. The molecule has 4 aliphatic rings. The van der Waals surface area contributed by atoms with Crippen LogP contribution >= 0.6 is 0 Å². The van der Waals surface area contributed by atoms with Crippen molar-refractivity contribution in [2.75, 3.05) is 29.4 Å². The third kappa shape index (κ3) is 8.68. The Labute approximate surface area is 543 Å². The van der Waals surface area contributed by atoms with Gasteiger partial charge in [-0.25, -0.2) is 0 Å². The molecule has 18 rings (SSSR count). The van der Waals surface area contributed by atoms with Gasteiger partial charge < -0.3 is 33.8 Å². The predicted octanol–water partition coefficient (Wildman–Crippen LogP) is 18.8. The number of anilines is 18. The molecule has 4 aliphatic heterocycles. The summed E-state index contributed by atoms with van der Waals surface area (Å²) in [4.78, 5) is 15.0. The molecule has 0 amide bonds. The van der Waals surface area contributed by atoms with Crippen molar-refractivity contribution in [3.63, 3.8) is 0 Å². The Morgan fingerprint density at radius 2 is 0.645 bits per heavy atom. The summed E-state index contributed by atoms with van der Waals surface area (Å²) in [5.74, 6) is 0. The maximum Gasteiger partial charge on any atom is 0.297 e. The first kappa shape index (κ1) is 54.3. The van der Waals surface area contributed by atoms with Gasteiger partial charge in [-0.1, -0.05) is 197 Å². The van der Waals surface area contributed by atoms with E-state index >= 15 is 0 Å². The molecule has 14 aromatic rings. The minimum atomic E-state index is -0.356. The van der Waals surface area contributed by atoms with Gasteiger partial charge in [0.1, 0.15) is 5.58 Å². The molecule has 0 aliphatic carbocycles. The van der Waals surface area contributed by atoms with Crippen LogP contribution in [0.15, 0.2) is 326 Å². The first-order valence-electron chi connectivity index (χ1n) is 32.2. The van der Waals surface area contributed by atoms with Gasteiger partial charge in [0.05, 0.1) is 22.7 Å². The number of fused-ring (bicyclic) bond motifs is 10. The van der Waals surface area contributed by atoms with E-state index in [9.17, 15) is 0 Å². The van der Waals surface area contributed by atoms with Gasteiger partial charge in [-0.05, 0) is 184 Å². The monoisotopic (exact) mass is 1190 g/mol. The van der Waals surface area contributed by atoms with Crippen molar-refractivity contribution in [1.82, 2.24) is 0 Å². The minimum Gasteiger partial charge on any atom is -0.468 e. The highest BCUT2D eigenvalue weighted by Gasteiger charge is 2.51. The quantitative estimate of drug-likeness (QED) is 0.126. The molecule has 93 heavy (non-hydrogen) atoms. The van der Waals surface area contributed by atoms with Crippen LogP contribution < -0.4 is 62.4 Å². The zero-order chi connectivity index (χ0) is 61.9. The fourth-order valence-corrected chi connectivity index (χ4v) is 15.2. The SMILES string of the molecule is CC(C)(C)c1ccc2oc3c(c2c1)N(c1ccccc1)c1cc(N(c2ccccc2)c2ccccc2)cc2c1B3c1cc3c(cc1N2c1ccccc1)N(c1ccccc1)c1cc(N(c2ccccc2)c2ccccc2)cc2c1B3c1ccccc1N2c1ccccc1. The zero-order valence-electron chi connectivity index (χ0n) is 51.8. The summed E-state index contributed by atoms with van der Waals surface area (Å²) in [5, 5.41) is 1.08. The highest BCUT2D eigenvalue weighted by atomic mass is 16.3. The molecule has 0 atom stereocenters. The lowest BCUT2D eigenvalue weighted by Crippen LogP contribution is -2.65. The van der Waals surface area contributed by atoms with Crippen LogP contribution in [0.1, 0.15) is 26.3 Å². The first-order valence-corrected chi connectivity index (χ1v) is 32.2. The van der Waals surface area contributed by atoms with Crippen LogP contribution in [-0.2, 0) is 5.41 Å². The Morgan fingerprint density at radius 1 is 0.290 bits per heavy atom. The number of benzene rings is 13. The summed E-state index contributed by atoms with van der Waals surface area (Å²) in [6, 6.07) is 118. The van der Waals surface area contributed by atoms with Crippen LogP contribution in [0.4, 0.5) is 102 Å². The smallest absolute Gasteiger partial charge is 0.297 e. The lowest BCUT2D eigenvalue weighted by Gasteiger charge is -2.47. The van der Waals surface area contributed by atoms with Gasteiger partial charge in [-0.15, -0.1) is 0 Å². The molecule has 0 N–H and O–H groups in total. The molecule has 440 valence electrons. The summed E-state index contributed by atoms with van der Waals surface area (Å²) in [6.07, 6.45) is 0. The average molecular weight is 1190 g/mol. The van der Waals surface area contributed by atoms with Crippen LogP contribution in [0, 0.1) is 0 Å². The lowest BCUT2D eigenvalue weighted by atomic mass is 9.31. The van der Waals surface area contributed by atoms with Crippen LogP contribution in [0.3, 0.4) is 0 Å². The molecule has 9 heteroatoms. The molecule has 0 radical (unpaired) electrons. The van der Waals surface area contributed by atoms with E-state index in [1.165, 1.54) is 32.9 Å². The van der Waals surface area contributed by atoms with Gasteiger partial charge in [-0.3, -0.25) is 0 Å². The fraction of sp³-hybridized carbons (Fsp3) is 0.0476. The Kier molecular flexibility index (Phi) is 12.6. The maximum atomic E-state index is 7.68. The fourth-order valence-electron chi connectivity index (χ4n) is 15.2. The van der Waals surface area contributed by atoms with Crippen LogP contribution in [-0.4, -0.2) is 13.4 Å². The van der Waals surface area contributed by atoms with Crippen molar-refractivity contribution in [3.8, 4) is 0 Å². The molecule has 0 unspecified atom stereocenters. The third-order valence-electron chi connectivity index (χ3n) is 19.2. The highest BCUT2D eigenvalue weighted by molar-refractivity contribution is 7.03. The molecule has 5 heterocycles. The molecule has 0 fully saturated rings. The van der Waals surface area contributed by atoms with Crippen LogP contribution in [0.25, 0.3) is 11.0 Å². The van der Waals surface area contributed by atoms with Crippen molar-refractivity contribution in [2.45, 2.75) is 26.2 Å². The molecule has 0 spiro atoms. The average Bonchev–Trinajstić information content (AvgIpc) is 1.60. The van der Waals surface area contributed by atoms with Crippen molar-refractivity contribution < 1.29 is 4.42 Å². The minimum absolute atomic E-state index is 0.129. The van der Waals surface area contributed by atoms with Crippen molar-refractivity contribution >= 4 is 160 Å². The second-order valence-electron chi connectivity index (χ2n) is 25.7. The molecule has 13 aromatic carbocycles. The lowest BCUT2D eigenvalue weighted by molar-refractivity contribution is 0.590. The van der Waals surface area contributed by atoms with Gasteiger partial charge in [-0.2, -0.15) is 0 Å². The van der Waals surface area contributed by atoms with Gasteiger partial charge in [0.2, 0.25) is 0 Å². The van der Waals surface area contributed by atoms with E-state index in [4.69, 9.17) is 4.42 Å². The Balaban J connectivity index is 0.984. The second-order valence-corrected chi connectivity index (χ2v) is 25.7. The summed E-state index contributed by atoms with van der Waals surface area (Å²) >= 11 is 0. The molecule has 7 nitrogen and oxygen atoms in total. The molecular weight excluding hydrogens is 1130 g/mol. The second kappa shape index (κ2) is 21.5. The van der Waals surface area contributed by atoms with E-state index in [-0.39, 0.29) is 18.8 Å². The molecule has 1 aromatic heterocycles. The number of hydrogen-bond acceptors (Lipinski definition) is 7. The van der Waals surface area contributed by atoms with Gasteiger partial charge in [0, 0.05) is 90.7 Å². The van der Waals surface area contributed by atoms with Crippen molar-refractivity contribution in [3.05, 3.63) is 327 Å². The van der Waals surface area contributed by atoms with Crippen LogP contribution in [0.2, 0.25) is 0 Å². The number of para-hydroxylation sites is 9. The predicted molar refractivity (Wildman–Crippen MR) is 392 cm³/mol. The number of nitrogens with zero attached hydrogens (tertiary/aromatic N) is 6. The number of rotatable bonds is 10.